The zero-order valence-corrected chi connectivity index (χ0v) is 13.0. The smallest absolute Gasteiger partial charge is 0.311 e. The van der Waals surface area contributed by atoms with E-state index in [-0.39, 0.29) is 12.0 Å². The maximum absolute atomic E-state index is 11.7. The highest BCUT2D eigenvalue weighted by atomic mass is 35.5. The molecule has 0 aliphatic carbocycles. The third kappa shape index (κ3) is 2.70. The second kappa shape index (κ2) is 5.74. The van der Waals surface area contributed by atoms with Gasteiger partial charge >= 0.3 is 5.97 Å². The molecule has 0 radical (unpaired) electrons. The van der Waals surface area contributed by atoms with Gasteiger partial charge in [0.25, 0.3) is 0 Å². The fourth-order valence-electron chi connectivity index (χ4n) is 3.06. The summed E-state index contributed by atoms with van der Waals surface area (Å²) in [4.78, 5) is 13.9. The first-order chi connectivity index (χ1) is 9.36. The Hall–Kier alpha value is -1.06. The Balaban J connectivity index is 2.18. The van der Waals surface area contributed by atoms with Crippen LogP contribution in [0.5, 0.6) is 0 Å². The molecule has 0 aromatic heterocycles. The van der Waals surface area contributed by atoms with Gasteiger partial charge in [0.15, 0.2) is 0 Å². The van der Waals surface area contributed by atoms with Gasteiger partial charge in [-0.05, 0) is 43.5 Å². The van der Waals surface area contributed by atoms with Gasteiger partial charge in [-0.25, -0.2) is 0 Å². The first-order valence-electron chi connectivity index (χ1n) is 7.10. The van der Waals surface area contributed by atoms with E-state index >= 15 is 0 Å². The van der Waals surface area contributed by atoms with E-state index in [1.165, 1.54) is 0 Å². The summed E-state index contributed by atoms with van der Waals surface area (Å²) < 4.78 is 0. The molecule has 1 aromatic carbocycles. The van der Waals surface area contributed by atoms with Gasteiger partial charge in [0.2, 0.25) is 0 Å². The lowest BCUT2D eigenvalue weighted by Crippen LogP contribution is -2.39. The second-order valence-electron chi connectivity index (χ2n) is 6.07. The summed E-state index contributed by atoms with van der Waals surface area (Å²) in [6.07, 6.45) is 0.713. The lowest BCUT2D eigenvalue weighted by atomic mass is 9.76. The molecule has 3 nitrogen and oxygen atoms in total. The van der Waals surface area contributed by atoms with Crippen LogP contribution in [0.1, 0.15) is 38.8 Å². The van der Waals surface area contributed by atoms with Crippen LogP contribution in [0.2, 0.25) is 5.02 Å². The monoisotopic (exact) mass is 295 g/mol. The number of carbonyl (C=O) groups is 1. The molecular weight excluding hydrogens is 274 g/mol. The summed E-state index contributed by atoms with van der Waals surface area (Å²) in [5, 5.41) is 10.3. The zero-order chi connectivity index (χ0) is 14.9. The van der Waals surface area contributed by atoms with E-state index in [4.69, 9.17) is 11.6 Å². The molecule has 1 fully saturated rings. The topological polar surface area (TPSA) is 40.5 Å². The molecule has 0 bridgehead atoms. The summed E-state index contributed by atoms with van der Waals surface area (Å²) >= 11 is 6.04. The molecule has 2 unspecified atom stereocenters. The Morgan fingerprint density at radius 2 is 2.10 bits per heavy atom. The fourth-order valence-corrected chi connectivity index (χ4v) is 3.26. The van der Waals surface area contributed by atoms with Gasteiger partial charge in [0.1, 0.15) is 0 Å². The van der Waals surface area contributed by atoms with Crippen molar-refractivity contribution in [1.29, 1.82) is 0 Å². The zero-order valence-electron chi connectivity index (χ0n) is 12.3. The quantitative estimate of drug-likeness (QED) is 0.917. The number of benzene rings is 1. The van der Waals surface area contributed by atoms with E-state index in [0.717, 1.165) is 17.1 Å². The van der Waals surface area contributed by atoms with E-state index in [1.807, 2.05) is 38.1 Å². The summed E-state index contributed by atoms with van der Waals surface area (Å²) in [7, 11) is 0. The predicted octanol–water partition coefficient (Wildman–Crippen LogP) is 3.83. The van der Waals surface area contributed by atoms with Crippen LogP contribution >= 0.6 is 11.6 Å². The molecule has 0 spiro atoms. The molecule has 2 rings (SSSR count). The number of nitrogens with zero attached hydrogens (tertiary/aromatic N) is 1. The molecule has 1 heterocycles. The van der Waals surface area contributed by atoms with Gasteiger partial charge in [-0.15, -0.1) is 0 Å². The molecule has 4 heteroatoms. The lowest BCUT2D eigenvalue weighted by molar-refractivity contribution is -0.151. The van der Waals surface area contributed by atoms with Crippen molar-refractivity contribution in [2.75, 3.05) is 13.1 Å². The van der Waals surface area contributed by atoms with Crippen LogP contribution in [0, 0.1) is 11.3 Å². The molecule has 1 aliphatic rings. The maximum atomic E-state index is 11.7. The molecule has 0 amide bonds. The normalized spacial score (nSPS) is 25.1. The molecule has 1 saturated heterocycles. The minimum Gasteiger partial charge on any atom is -0.481 e. The van der Waals surface area contributed by atoms with Gasteiger partial charge in [0, 0.05) is 17.6 Å². The number of carboxylic acid groups (broad SMARTS) is 1. The number of likely N-dealkylation sites (tertiary alicyclic amines) is 1. The van der Waals surface area contributed by atoms with Crippen molar-refractivity contribution in [1.82, 2.24) is 4.90 Å². The Morgan fingerprint density at radius 3 is 2.60 bits per heavy atom. The number of halogens is 1. The van der Waals surface area contributed by atoms with Gasteiger partial charge in [-0.3, -0.25) is 9.69 Å². The first kappa shape index (κ1) is 15.3. The molecule has 1 aliphatic heterocycles. The Morgan fingerprint density at radius 1 is 1.40 bits per heavy atom. The summed E-state index contributed by atoms with van der Waals surface area (Å²) in [6, 6.07) is 8.00. The van der Waals surface area contributed by atoms with Crippen molar-refractivity contribution in [2.24, 2.45) is 11.3 Å². The summed E-state index contributed by atoms with van der Waals surface area (Å²) in [6.45, 7) is 7.54. The average molecular weight is 296 g/mol. The van der Waals surface area contributed by atoms with Crippen molar-refractivity contribution >= 4 is 17.6 Å². The molecule has 110 valence electrons. The van der Waals surface area contributed by atoms with E-state index in [9.17, 15) is 9.90 Å². The predicted molar refractivity (Wildman–Crippen MR) is 81.0 cm³/mol. The third-order valence-electron chi connectivity index (χ3n) is 4.74. The summed E-state index contributed by atoms with van der Waals surface area (Å²) in [5.41, 5.74) is 0.523. The second-order valence-corrected chi connectivity index (χ2v) is 6.50. The number of rotatable bonds is 4. The molecule has 0 saturated carbocycles. The van der Waals surface area contributed by atoms with Crippen molar-refractivity contribution in [3.8, 4) is 0 Å². The van der Waals surface area contributed by atoms with Crippen LogP contribution in [0.4, 0.5) is 0 Å². The van der Waals surface area contributed by atoms with Crippen LogP contribution in [-0.4, -0.2) is 29.1 Å². The minimum absolute atomic E-state index is 0.136. The highest BCUT2D eigenvalue weighted by Crippen LogP contribution is 2.41. The number of aliphatic carboxylic acids is 1. The first-order valence-corrected chi connectivity index (χ1v) is 7.47. The van der Waals surface area contributed by atoms with Crippen molar-refractivity contribution in [3.63, 3.8) is 0 Å². The van der Waals surface area contributed by atoms with E-state index in [1.54, 1.807) is 0 Å². The van der Waals surface area contributed by atoms with Crippen LogP contribution in [0.25, 0.3) is 0 Å². The standard InChI is InChI=1S/C16H22ClNO2/c1-11(2)16(15(19)20)7-8-18(10-16)12(3)13-5-4-6-14(17)9-13/h4-6,9,11-12H,7-8,10H2,1-3H3,(H,19,20). The fraction of sp³-hybridized carbons (Fsp3) is 0.562. The highest BCUT2D eigenvalue weighted by molar-refractivity contribution is 6.30. The van der Waals surface area contributed by atoms with Gasteiger partial charge in [-0.1, -0.05) is 37.6 Å². The number of hydrogen-bond acceptors (Lipinski definition) is 2. The minimum atomic E-state index is -0.673. The average Bonchev–Trinajstić information content (AvgIpc) is 2.84. The van der Waals surface area contributed by atoms with Crippen LogP contribution in [-0.2, 0) is 4.79 Å². The number of hydrogen-bond donors (Lipinski definition) is 1. The summed E-state index contributed by atoms with van der Waals surface area (Å²) in [5.74, 6) is -0.537. The Labute approximate surface area is 125 Å². The van der Waals surface area contributed by atoms with Gasteiger partial charge < -0.3 is 5.11 Å². The molecule has 1 aromatic rings. The lowest BCUT2D eigenvalue weighted by Gasteiger charge is -2.31. The van der Waals surface area contributed by atoms with E-state index in [0.29, 0.717) is 13.0 Å². The highest BCUT2D eigenvalue weighted by Gasteiger charge is 2.48. The molecular formula is C16H22ClNO2. The van der Waals surface area contributed by atoms with Crippen molar-refractivity contribution in [3.05, 3.63) is 34.9 Å². The SMILES string of the molecule is CC(c1cccc(Cl)c1)N1CCC(C(=O)O)(C(C)C)C1. The largest absolute Gasteiger partial charge is 0.481 e. The van der Waals surface area contributed by atoms with Crippen LogP contribution in [0.3, 0.4) is 0 Å². The van der Waals surface area contributed by atoms with Crippen molar-refractivity contribution in [2.45, 2.75) is 33.2 Å². The third-order valence-corrected chi connectivity index (χ3v) is 4.98. The van der Waals surface area contributed by atoms with Gasteiger partial charge in [0.05, 0.1) is 5.41 Å². The van der Waals surface area contributed by atoms with E-state index in [2.05, 4.69) is 11.8 Å². The van der Waals surface area contributed by atoms with Crippen LogP contribution < -0.4 is 0 Å². The maximum Gasteiger partial charge on any atom is 0.311 e. The van der Waals surface area contributed by atoms with Crippen molar-refractivity contribution < 1.29 is 9.90 Å². The Kier molecular flexibility index (Phi) is 4.40. The van der Waals surface area contributed by atoms with Gasteiger partial charge in [-0.2, -0.15) is 0 Å². The van der Waals surface area contributed by atoms with Crippen LogP contribution in [0.15, 0.2) is 24.3 Å². The molecule has 1 N–H and O–H groups in total. The van der Waals surface area contributed by atoms with E-state index < -0.39 is 11.4 Å². The number of carboxylic acids is 1. The molecule has 2 atom stereocenters. The molecule has 20 heavy (non-hydrogen) atoms. The Bertz CT molecular complexity index is 503.